The summed E-state index contributed by atoms with van der Waals surface area (Å²) in [6.07, 6.45) is 5.48. The first kappa shape index (κ1) is 82.9. The molecule has 31 aromatic rings. The van der Waals surface area contributed by atoms with Crippen LogP contribution in [0.15, 0.2) is 487 Å². The molecule has 146 heavy (non-hydrogen) atoms. The Balaban J connectivity index is 0.000000104. The summed E-state index contributed by atoms with van der Waals surface area (Å²) in [5, 5.41) is 17.1. The van der Waals surface area contributed by atoms with Crippen LogP contribution >= 0.6 is 0 Å². The quantitative estimate of drug-likeness (QED) is 0.113. The Morgan fingerprint density at radius 2 is 0.548 bits per heavy atom. The van der Waals surface area contributed by atoms with Crippen LogP contribution < -0.4 is 0 Å². The first-order valence-corrected chi connectivity index (χ1v) is 48.7. The lowest BCUT2D eigenvalue weighted by Crippen LogP contribution is -2.10. The summed E-state index contributed by atoms with van der Waals surface area (Å²) in [4.78, 5) is 45.0. The predicted octanol–water partition coefficient (Wildman–Crippen LogP) is 32.5. The average Bonchev–Trinajstić information content (AvgIpc) is 1.45. The van der Waals surface area contributed by atoms with Crippen molar-refractivity contribution < 1.29 is 13.3 Å². The third-order valence-electron chi connectivity index (χ3n) is 28.3. The van der Waals surface area contributed by atoms with Gasteiger partial charge in [-0.2, -0.15) is 15.0 Å². The molecular weight excluding hydrogens is 1790 g/mol. The first-order valence-electron chi connectivity index (χ1n) is 48.7. The summed E-state index contributed by atoms with van der Waals surface area (Å²) >= 11 is 0. The molecule has 0 aliphatic rings. The van der Waals surface area contributed by atoms with Crippen LogP contribution in [-0.4, -0.2) is 67.7 Å². The van der Waals surface area contributed by atoms with Crippen LogP contribution in [0.25, 0.3) is 283 Å². The smallest absolute Gasteiger partial charge is 0.240 e. The third-order valence-corrected chi connectivity index (χ3v) is 28.3. The highest BCUT2D eigenvalue weighted by molar-refractivity contribution is 6.16. The Morgan fingerprint density at radius 1 is 0.178 bits per heavy atom. The van der Waals surface area contributed by atoms with Crippen LogP contribution in [0.3, 0.4) is 0 Å². The van der Waals surface area contributed by atoms with E-state index in [1.165, 1.54) is 43.4 Å². The molecule has 31 rings (SSSR count). The lowest BCUT2D eigenvalue weighted by molar-refractivity contribution is 0.668. The van der Waals surface area contributed by atoms with Crippen LogP contribution in [0, 0.1) is 0 Å². The average molecular weight is 1870 g/mol. The molecule has 0 N–H and O–H groups in total. The zero-order valence-electron chi connectivity index (χ0n) is 78.0. The molecule has 0 atom stereocenters. The Kier molecular flexibility index (Phi) is 19.2. The van der Waals surface area contributed by atoms with Crippen molar-refractivity contribution in [2.75, 3.05) is 0 Å². The summed E-state index contributed by atoms with van der Waals surface area (Å²) < 4.78 is 30.2. The molecule has 0 saturated heterocycles. The molecule has 13 heterocycles. The topological polar surface area (TPSA) is 180 Å². The Hall–Kier alpha value is -20.2. The lowest BCUT2D eigenvalue weighted by atomic mass is 10.0. The molecule has 0 fully saturated rings. The van der Waals surface area contributed by atoms with E-state index < -0.39 is 0 Å². The monoisotopic (exact) mass is 1870 g/mol. The van der Waals surface area contributed by atoms with Crippen molar-refractivity contribution in [2.45, 2.75) is 0 Å². The number of nitrogens with zero attached hydrogens (tertiary/aromatic N) is 14. The Labute approximate surface area is 832 Å². The Morgan fingerprint density at radius 3 is 1.07 bits per heavy atom. The maximum absolute atomic E-state index is 6.40. The third kappa shape index (κ3) is 13.7. The molecule has 0 unspecified atom stereocenters. The summed E-state index contributed by atoms with van der Waals surface area (Å²) in [5.74, 6) is 3.53. The molecule has 17 heteroatoms. The first-order chi connectivity index (χ1) is 72.4. The molecule has 0 aliphatic heterocycles. The van der Waals surface area contributed by atoms with Crippen molar-refractivity contribution in [3.05, 3.63) is 474 Å². The molecule has 0 amide bonds. The summed E-state index contributed by atoms with van der Waals surface area (Å²) in [6, 6.07) is 158. The van der Waals surface area contributed by atoms with Gasteiger partial charge in [0.25, 0.3) is 0 Å². The molecule has 0 saturated carbocycles. The number of hydrogen-bond acceptors (Lipinski definition) is 12. The summed E-state index contributed by atoms with van der Waals surface area (Å²) in [5.41, 5.74) is 29.4. The predicted molar refractivity (Wildman–Crippen MR) is 591 cm³/mol. The van der Waals surface area contributed by atoms with E-state index in [1.54, 1.807) is 6.20 Å². The van der Waals surface area contributed by atoms with E-state index >= 15 is 0 Å². The van der Waals surface area contributed by atoms with Crippen LogP contribution in [0.4, 0.5) is 0 Å². The van der Waals surface area contributed by atoms with E-state index in [0.717, 1.165) is 205 Å². The van der Waals surface area contributed by atoms with Gasteiger partial charge in [0, 0.05) is 155 Å². The number of fused-ring (bicyclic) bond motifs is 24. The van der Waals surface area contributed by atoms with Crippen LogP contribution in [0.5, 0.6) is 0 Å². The fourth-order valence-electron chi connectivity index (χ4n) is 21.8. The van der Waals surface area contributed by atoms with Gasteiger partial charge < -0.3 is 27.0 Å². The maximum atomic E-state index is 6.40. The standard InChI is InChI=1S/C46H28N4O.C44H26N6O.C39H24N4O/c1-5-19-41-32(11-1)33-12-2-6-20-42(33)49(41)30-25-29(26-31(27-30)50-43-21-7-3-13-34(43)35-14-4-8-22-44(35)50)39-17-10-18-40(48-39)37-16-9-15-36-38-28-47-24-23-45(38)51-46(36)37;1-6-19-35-30(14-1)31-15-2-7-20-36(31)49(35)43-46-42(47-44(48-43)50-37-21-8-3-16-32(37)33-17-4-9-22-38(33)50)28-13-11-12-27(26-28)29-24-25-45-40-34-18-5-10-23-39(34)51-41(29)40;1-2-10-25(11-3-1)37-40-38(42-39(41-37)27-20-23-36-32(24-27)31-14-6-9-17-35(31)44-36)26-18-21-28(22-19-26)43-33-15-7-4-12-29(33)30-13-5-8-16-34(30)43/h1-28H;1-26H;1-24H. The number of benzene rings is 18. The van der Waals surface area contributed by atoms with Gasteiger partial charge >= 0.3 is 0 Å². The van der Waals surface area contributed by atoms with Gasteiger partial charge in [-0.3, -0.25) is 19.1 Å². The molecule has 0 bridgehead atoms. The van der Waals surface area contributed by atoms with E-state index in [0.29, 0.717) is 35.2 Å². The number of hydrogen-bond donors (Lipinski definition) is 0. The normalized spacial score (nSPS) is 11.8. The fourth-order valence-corrected chi connectivity index (χ4v) is 21.8. The van der Waals surface area contributed by atoms with Gasteiger partial charge in [0.15, 0.2) is 28.9 Å². The number of aromatic nitrogens is 14. The van der Waals surface area contributed by atoms with E-state index in [-0.39, 0.29) is 0 Å². The SMILES string of the molecule is c1cc(-c2cc(-n3c4ccccc4c4ccccc43)cc(-n3c4ccccc4c4ccccc43)c2)nc(-c2cccc3c2oc2ccncc23)c1.c1cc(-c2nc(-n3c4ccccc4c4ccccc43)nc(-n3c4ccccc4c4ccccc43)n2)cc(-c2ccnc3c2oc2ccccc23)c1.c1ccc(-c2nc(-c3ccc(-n4c5ccccc5c5ccccc54)cc3)nc(-c3ccc4oc5ccccc5c4c3)n2)cc1. The van der Waals surface area contributed by atoms with Crippen LogP contribution in [0.2, 0.25) is 0 Å². The summed E-state index contributed by atoms with van der Waals surface area (Å²) in [7, 11) is 0. The minimum Gasteiger partial charge on any atom is -0.456 e. The van der Waals surface area contributed by atoms with Crippen molar-refractivity contribution in [2.24, 2.45) is 0 Å². The maximum Gasteiger partial charge on any atom is 0.240 e. The van der Waals surface area contributed by atoms with Crippen molar-refractivity contribution in [1.29, 1.82) is 0 Å². The van der Waals surface area contributed by atoms with E-state index in [2.05, 4.69) is 385 Å². The molecule has 0 spiro atoms. The van der Waals surface area contributed by atoms with Crippen LogP contribution in [0.1, 0.15) is 0 Å². The summed E-state index contributed by atoms with van der Waals surface area (Å²) in [6.45, 7) is 0. The minimum atomic E-state index is 0.545. The highest BCUT2D eigenvalue weighted by Crippen LogP contribution is 2.45. The van der Waals surface area contributed by atoms with Crippen molar-refractivity contribution in [3.63, 3.8) is 0 Å². The van der Waals surface area contributed by atoms with Gasteiger partial charge in [0.05, 0.1) is 66.6 Å². The van der Waals surface area contributed by atoms with Crippen molar-refractivity contribution >= 4 is 175 Å². The second-order valence-electron chi connectivity index (χ2n) is 36.7. The Bertz CT molecular complexity index is 9770. The molecule has 682 valence electrons. The molecular formula is C129H78N14O3. The fraction of sp³-hybridized carbons (Fsp3) is 0. The second-order valence-corrected chi connectivity index (χ2v) is 36.7. The number of pyridine rings is 3. The minimum absolute atomic E-state index is 0.545. The van der Waals surface area contributed by atoms with E-state index in [9.17, 15) is 0 Å². The second kappa shape index (κ2) is 33.8. The van der Waals surface area contributed by atoms with Gasteiger partial charge in [0.2, 0.25) is 11.9 Å². The highest BCUT2D eigenvalue weighted by Gasteiger charge is 2.27. The highest BCUT2D eigenvalue weighted by atomic mass is 16.3. The van der Waals surface area contributed by atoms with Gasteiger partial charge in [-0.05, 0) is 181 Å². The van der Waals surface area contributed by atoms with E-state index in [1.807, 2.05) is 116 Å². The van der Waals surface area contributed by atoms with E-state index in [4.69, 9.17) is 48.1 Å². The number of rotatable bonds is 12. The zero-order valence-corrected chi connectivity index (χ0v) is 78.0. The molecule has 18 aromatic carbocycles. The molecule has 13 aromatic heterocycles. The van der Waals surface area contributed by atoms with Crippen molar-refractivity contribution in [1.82, 2.24) is 67.7 Å². The lowest BCUT2D eigenvalue weighted by Gasteiger charge is -2.16. The van der Waals surface area contributed by atoms with Crippen LogP contribution in [-0.2, 0) is 0 Å². The van der Waals surface area contributed by atoms with Gasteiger partial charge in [-0.25, -0.2) is 19.9 Å². The van der Waals surface area contributed by atoms with Gasteiger partial charge in [0.1, 0.15) is 33.4 Å². The van der Waals surface area contributed by atoms with Gasteiger partial charge in [-0.1, -0.05) is 279 Å². The molecule has 0 radical (unpaired) electrons. The number of furan rings is 3. The largest absolute Gasteiger partial charge is 0.456 e. The zero-order chi connectivity index (χ0) is 96.0. The molecule has 0 aliphatic carbocycles. The number of para-hydroxylation sites is 13. The van der Waals surface area contributed by atoms with Gasteiger partial charge in [-0.15, -0.1) is 0 Å². The molecule has 17 nitrogen and oxygen atoms in total. The van der Waals surface area contributed by atoms with Crippen molar-refractivity contribution in [3.8, 4) is 108 Å².